The molecule has 0 N–H and O–H groups in total. The van der Waals surface area contributed by atoms with Crippen LogP contribution in [0, 0.1) is 0 Å². The topological polar surface area (TPSA) is 49.6 Å². The van der Waals surface area contributed by atoms with Crippen LogP contribution in [0.2, 0.25) is 5.02 Å². The number of aromatic nitrogens is 1. The van der Waals surface area contributed by atoms with Crippen LogP contribution >= 0.6 is 27.5 Å². The van der Waals surface area contributed by atoms with Crippen LogP contribution in [0.15, 0.2) is 87.9 Å². The first-order chi connectivity index (χ1) is 16.1. The number of anilines is 1. The van der Waals surface area contributed by atoms with Crippen molar-refractivity contribution in [2.45, 2.75) is 0 Å². The number of hydrogen-bond donors (Lipinski definition) is 0. The Morgan fingerprint density at radius 3 is 2.52 bits per heavy atom. The van der Waals surface area contributed by atoms with E-state index in [1.807, 2.05) is 77.7 Å². The molecule has 0 unspecified atom stereocenters. The highest BCUT2D eigenvalue weighted by molar-refractivity contribution is 9.10. The number of rotatable bonds is 4. The largest absolute Gasteiger partial charge is 0.436 e. The average Bonchev–Trinajstić information content (AvgIpc) is 3.34. The quantitative estimate of drug-likeness (QED) is 0.312. The van der Waals surface area contributed by atoms with Crippen molar-refractivity contribution in [1.82, 2.24) is 9.88 Å². The van der Waals surface area contributed by atoms with Gasteiger partial charge in [0, 0.05) is 52.5 Å². The lowest BCUT2D eigenvalue weighted by Crippen LogP contribution is -2.48. The second-order valence-electron chi connectivity index (χ2n) is 7.84. The Hall–Kier alpha value is -3.09. The van der Waals surface area contributed by atoms with Crippen molar-refractivity contribution >= 4 is 39.1 Å². The highest BCUT2D eigenvalue weighted by atomic mass is 79.9. The molecule has 5 rings (SSSR count). The number of amides is 1. The minimum atomic E-state index is -0.0152. The maximum Gasteiger partial charge on any atom is 0.254 e. The molecule has 0 bridgehead atoms. The zero-order valence-electron chi connectivity index (χ0n) is 17.7. The van der Waals surface area contributed by atoms with Gasteiger partial charge in [0.05, 0.1) is 11.8 Å². The van der Waals surface area contributed by atoms with Crippen molar-refractivity contribution in [1.29, 1.82) is 0 Å². The highest BCUT2D eigenvalue weighted by Gasteiger charge is 2.25. The standard InChI is InChI=1S/C26H21BrClN3O2/c27-19-6-3-5-18(15-19)24-17-29-25(33-24)22-9-1-2-10-23(22)26(32)31-13-11-30(12-14-31)21-8-4-7-20(28)16-21/h1-10,15-17H,11-14H2. The van der Waals surface area contributed by atoms with Gasteiger partial charge in [0.1, 0.15) is 0 Å². The molecule has 0 radical (unpaired) electrons. The summed E-state index contributed by atoms with van der Waals surface area (Å²) in [5, 5.41) is 0.716. The Morgan fingerprint density at radius 2 is 1.73 bits per heavy atom. The summed E-state index contributed by atoms with van der Waals surface area (Å²) in [5.41, 5.74) is 3.29. The Morgan fingerprint density at radius 1 is 0.939 bits per heavy atom. The fourth-order valence-corrected chi connectivity index (χ4v) is 4.62. The molecule has 5 nitrogen and oxygen atoms in total. The van der Waals surface area contributed by atoms with Crippen molar-refractivity contribution in [2.75, 3.05) is 31.1 Å². The number of hydrogen-bond acceptors (Lipinski definition) is 4. The summed E-state index contributed by atoms with van der Waals surface area (Å²) in [6, 6.07) is 23.1. The van der Waals surface area contributed by atoms with Crippen LogP contribution in [0.1, 0.15) is 10.4 Å². The van der Waals surface area contributed by atoms with Crippen molar-refractivity contribution < 1.29 is 9.21 Å². The third kappa shape index (κ3) is 4.68. The van der Waals surface area contributed by atoms with Gasteiger partial charge in [-0.05, 0) is 42.5 Å². The van der Waals surface area contributed by atoms with Gasteiger partial charge in [0.25, 0.3) is 5.91 Å². The molecule has 2 heterocycles. The normalized spacial score (nSPS) is 13.9. The third-order valence-corrected chi connectivity index (χ3v) is 6.47. The predicted molar refractivity (Wildman–Crippen MR) is 135 cm³/mol. The number of carbonyl (C=O) groups is 1. The fourth-order valence-electron chi connectivity index (χ4n) is 4.04. The number of carbonyl (C=O) groups excluding carboxylic acids is 1. The first kappa shape index (κ1) is 21.7. The Kier molecular flexibility index (Phi) is 6.20. The molecule has 1 amide bonds. The SMILES string of the molecule is O=C(c1ccccc1-c1ncc(-c2cccc(Br)c2)o1)N1CCN(c2cccc(Cl)c2)CC1. The molecule has 1 fully saturated rings. The second kappa shape index (κ2) is 9.41. The van der Waals surface area contributed by atoms with Gasteiger partial charge < -0.3 is 14.2 Å². The molecular weight excluding hydrogens is 502 g/mol. The summed E-state index contributed by atoms with van der Waals surface area (Å²) < 4.78 is 7.01. The highest BCUT2D eigenvalue weighted by Crippen LogP contribution is 2.30. The lowest BCUT2D eigenvalue weighted by Gasteiger charge is -2.36. The Balaban J connectivity index is 1.35. The van der Waals surface area contributed by atoms with Gasteiger partial charge in [-0.25, -0.2) is 4.98 Å². The minimum absolute atomic E-state index is 0.0152. The van der Waals surface area contributed by atoms with Gasteiger partial charge in [-0.1, -0.05) is 57.9 Å². The van der Waals surface area contributed by atoms with E-state index in [1.165, 1.54) is 0 Å². The predicted octanol–water partition coefficient (Wildman–Crippen LogP) is 6.39. The van der Waals surface area contributed by atoms with Crippen LogP contribution in [0.4, 0.5) is 5.69 Å². The van der Waals surface area contributed by atoms with E-state index in [2.05, 4.69) is 25.8 Å². The van der Waals surface area contributed by atoms with Crippen LogP contribution < -0.4 is 4.90 Å². The van der Waals surface area contributed by atoms with Crippen LogP contribution in [0.3, 0.4) is 0 Å². The van der Waals surface area contributed by atoms with E-state index in [0.717, 1.165) is 28.8 Å². The number of halogens is 2. The second-order valence-corrected chi connectivity index (χ2v) is 9.20. The fraction of sp³-hybridized carbons (Fsp3) is 0.154. The molecule has 0 spiro atoms. The number of nitrogens with zero attached hydrogens (tertiary/aromatic N) is 3. The van der Waals surface area contributed by atoms with Crippen LogP contribution in [-0.4, -0.2) is 42.0 Å². The molecule has 166 valence electrons. The van der Waals surface area contributed by atoms with Crippen LogP contribution in [-0.2, 0) is 0 Å². The van der Waals surface area contributed by atoms with E-state index in [9.17, 15) is 4.79 Å². The molecule has 3 aromatic carbocycles. The van der Waals surface area contributed by atoms with Gasteiger partial charge in [0.15, 0.2) is 5.76 Å². The molecule has 7 heteroatoms. The zero-order chi connectivity index (χ0) is 22.8. The van der Waals surface area contributed by atoms with E-state index in [1.54, 1.807) is 6.20 Å². The van der Waals surface area contributed by atoms with Gasteiger partial charge in [0.2, 0.25) is 5.89 Å². The van der Waals surface area contributed by atoms with Crippen molar-refractivity contribution in [3.63, 3.8) is 0 Å². The number of benzene rings is 3. The zero-order valence-corrected chi connectivity index (χ0v) is 20.1. The molecule has 0 saturated carbocycles. The van der Waals surface area contributed by atoms with Gasteiger partial charge in [-0.15, -0.1) is 0 Å². The average molecular weight is 523 g/mol. The van der Waals surface area contributed by atoms with E-state index < -0.39 is 0 Å². The molecule has 1 saturated heterocycles. The van der Waals surface area contributed by atoms with Crippen molar-refractivity contribution in [2.24, 2.45) is 0 Å². The van der Waals surface area contributed by atoms with Crippen LogP contribution in [0.5, 0.6) is 0 Å². The monoisotopic (exact) mass is 521 g/mol. The molecular formula is C26H21BrClN3O2. The van der Waals surface area contributed by atoms with E-state index >= 15 is 0 Å². The van der Waals surface area contributed by atoms with Gasteiger partial charge in [-0.2, -0.15) is 0 Å². The third-order valence-electron chi connectivity index (χ3n) is 5.74. The summed E-state index contributed by atoms with van der Waals surface area (Å²) in [7, 11) is 0. The van der Waals surface area contributed by atoms with Gasteiger partial charge in [-0.3, -0.25) is 4.79 Å². The van der Waals surface area contributed by atoms with Crippen LogP contribution in [0.25, 0.3) is 22.8 Å². The van der Waals surface area contributed by atoms with Gasteiger partial charge >= 0.3 is 0 Å². The number of oxazole rings is 1. The molecule has 0 aliphatic carbocycles. The minimum Gasteiger partial charge on any atom is -0.436 e. The molecule has 1 aliphatic heterocycles. The summed E-state index contributed by atoms with van der Waals surface area (Å²) in [5.74, 6) is 1.08. The maximum atomic E-state index is 13.4. The lowest BCUT2D eigenvalue weighted by atomic mass is 10.1. The maximum absolute atomic E-state index is 13.4. The first-order valence-electron chi connectivity index (χ1n) is 10.7. The van der Waals surface area contributed by atoms with E-state index in [-0.39, 0.29) is 5.91 Å². The smallest absolute Gasteiger partial charge is 0.254 e. The summed E-state index contributed by atoms with van der Waals surface area (Å²) in [4.78, 5) is 22.0. The Bertz CT molecular complexity index is 1300. The van der Waals surface area contributed by atoms with Crippen molar-refractivity contribution in [3.05, 3.63) is 94.1 Å². The summed E-state index contributed by atoms with van der Waals surface area (Å²) in [6.45, 7) is 2.77. The Labute approximate surface area is 205 Å². The van der Waals surface area contributed by atoms with Crippen molar-refractivity contribution in [3.8, 4) is 22.8 Å². The molecule has 1 aromatic heterocycles. The summed E-state index contributed by atoms with van der Waals surface area (Å²) in [6.07, 6.45) is 1.70. The van der Waals surface area contributed by atoms with E-state index in [0.29, 0.717) is 40.9 Å². The lowest BCUT2D eigenvalue weighted by molar-refractivity contribution is 0.0747. The summed E-state index contributed by atoms with van der Waals surface area (Å²) >= 11 is 9.63. The molecule has 1 aliphatic rings. The molecule has 4 aromatic rings. The first-order valence-corrected chi connectivity index (χ1v) is 11.9. The molecule has 0 atom stereocenters. The molecule has 33 heavy (non-hydrogen) atoms. The number of piperazine rings is 1. The van der Waals surface area contributed by atoms with E-state index in [4.69, 9.17) is 16.0 Å².